The van der Waals surface area contributed by atoms with Gasteiger partial charge in [-0.1, -0.05) is 12.1 Å². The average molecular weight is 340 g/mol. The highest BCUT2D eigenvalue weighted by Gasteiger charge is 2.39. The van der Waals surface area contributed by atoms with Gasteiger partial charge in [0.25, 0.3) is 5.91 Å². The lowest BCUT2D eigenvalue weighted by Crippen LogP contribution is -2.34. The number of hydrogen-bond donors (Lipinski definition) is 2. The Bertz CT molecular complexity index is 832. The van der Waals surface area contributed by atoms with E-state index in [0.29, 0.717) is 17.1 Å². The van der Waals surface area contributed by atoms with Crippen LogP contribution in [-0.2, 0) is 9.59 Å². The third-order valence-corrected chi connectivity index (χ3v) is 3.96. The maximum atomic E-state index is 12.6. The third kappa shape index (κ3) is 3.16. The van der Waals surface area contributed by atoms with Crippen molar-refractivity contribution < 1.29 is 24.2 Å². The van der Waals surface area contributed by atoms with Gasteiger partial charge in [-0.15, -0.1) is 0 Å². The van der Waals surface area contributed by atoms with E-state index in [1.54, 1.807) is 18.2 Å². The quantitative estimate of drug-likeness (QED) is 0.810. The first kappa shape index (κ1) is 16.5. The summed E-state index contributed by atoms with van der Waals surface area (Å²) >= 11 is 0. The molecule has 1 atom stereocenters. The molecule has 0 unspecified atom stereocenters. The van der Waals surface area contributed by atoms with Gasteiger partial charge >= 0.3 is 5.97 Å². The number of amides is 2. The molecule has 1 saturated heterocycles. The molecule has 0 aliphatic carbocycles. The van der Waals surface area contributed by atoms with Crippen LogP contribution in [0.4, 0.5) is 11.4 Å². The van der Waals surface area contributed by atoms with Crippen molar-refractivity contribution in [1.29, 1.82) is 0 Å². The minimum atomic E-state index is -1.07. The number of rotatable bonds is 5. The van der Waals surface area contributed by atoms with Crippen molar-refractivity contribution in [3.05, 3.63) is 54.1 Å². The Balaban J connectivity index is 1.81. The van der Waals surface area contributed by atoms with Gasteiger partial charge in [-0.3, -0.25) is 9.59 Å². The number of nitrogens with zero attached hydrogens (tertiary/aromatic N) is 1. The maximum absolute atomic E-state index is 12.6. The van der Waals surface area contributed by atoms with E-state index in [9.17, 15) is 14.4 Å². The van der Waals surface area contributed by atoms with Crippen LogP contribution in [0.15, 0.2) is 48.5 Å². The second-order valence-corrected chi connectivity index (χ2v) is 5.52. The van der Waals surface area contributed by atoms with Crippen LogP contribution in [0.5, 0.6) is 5.75 Å². The minimum Gasteiger partial charge on any atom is -0.495 e. The van der Waals surface area contributed by atoms with Crippen molar-refractivity contribution in [3.8, 4) is 5.75 Å². The standard InChI is InChI=1S/C18H16N2O5/c1-25-15-5-3-2-4-13(15)19-14-10-16(21)20(17(14)22)12-8-6-11(7-9-12)18(23)24/h2-9,14,19H,10H2,1H3,(H,23,24)/t14-/m0/s1. The fraction of sp³-hybridized carbons (Fsp3) is 0.167. The number of carbonyl (C=O) groups is 3. The fourth-order valence-electron chi connectivity index (χ4n) is 2.72. The molecule has 0 spiro atoms. The number of benzene rings is 2. The van der Waals surface area contributed by atoms with E-state index in [4.69, 9.17) is 9.84 Å². The van der Waals surface area contributed by atoms with E-state index in [1.165, 1.54) is 31.4 Å². The van der Waals surface area contributed by atoms with Crippen LogP contribution < -0.4 is 15.0 Å². The number of carboxylic acids is 1. The molecule has 2 N–H and O–H groups in total. The van der Waals surface area contributed by atoms with Crippen LogP contribution in [0.25, 0.3) is 0 Å². The Morgan fingerprint density at radius 1 is 1.16 bits per heavy atom. The van der Waals surface area contributed by atoms with Gasteiger partial charge < -0.3 is 15.2 Å². The minimum absolute atomic E-state index is 0.0115. The summed E-state index contributed by atoms with van der Waals surface area (Å²) in [6, 6.07) is 12.0. The lowest BCUT2D eigenvalue weighted by atomic mass is 10.2. The second-order valence-electron chi connectivity index (χ2n) is 5.52. The van der Waals surface area contributed by atoms with Gasteiger partial charge in [-0.05, 0) is 36.4 Å². The maximum Gasteiger partial charge on any atom is 0.335 e. The topological polar surface area (TPSA) is 95.9 Å². The Morgan fingerprint density at radius 2 is 1.84 bits per heavy atom. The average Bonchev–Trinajstić information content (AvgIpc) is 2.89. The van der Waals surface area contributed by atoms with Crippen molar-refractivity contribution in [2.45, 2.75) is 12.5 Å². The summed E-state index contributed by atoms with van der Waals surface area (Å²) in [6.07, 6.45) is 0.0115. The van der Waals surface area contributed by atoms with Crippen LogP contribution in [-0.4, -0.2) is 36.0 Å². The van der Waals surface area contributed by atoms with Crippen LogP contribution in [0, 0.1) is 0 Å². The number of aromatic carboxylic acids is 1. The number of carbonyl (C=O) groups excluding carboxylic acids is 2. The van der Waals surface area contributed by atoms with Gasteiger partial charge in [0.1, 0.15) is 11.8 Å². The lowest BCUT2D eigenvalue weighted by molar-refractivity contribution is -0.121. The number of carboxylic acid groups (broad SMARTS) is 1. The molecule has 0 radical (unpaired) electrons. The van der Waals surface area contributed by atoms with Crippen LogP contribution in [0.1, 0.15) is 16.8 Å². The van der Waals surface area contributed by atoms with Crippen LogP contribution in [0.3, 0.4) is 0 Å². The van der Waals surface area contributed by atoms with E-state index in [0.717, 1.165) is 4.90 Å². The molecule has 1 fully saturated rings. The summed E-state index contributed by atoms with van der Waals surface area (Å²) in [6.45, 7) is 0. The molecule has 7 heteroatoms. The second kappa shape index (κ2) is 6.64. The van der Waals surface area contributed by atoms with Gasteiger partial charge in [0.2, 0.25) is 5.91 Å². The van der Waals surface area contributed by atoms with E-state index in [1.807, 2.05) is 6.07 Å². The summed E-state index contributed by atoms with van der Waals surface area (Å²) < 4.78 is 5.24. The Kier molecular flexibility index (Phi) is 4.38. The molecule has 2 aromatic rings. The zero-order valence-corrected chi connectivity index (χ0v) is 13.4. The van der Waals surface area contributed by atoms with Crippen molar-refractivity contribution in [2.75, 3.05) is 17.3 Å². The molecule has 1 heterocycles. The number of methoxy groups -OCH3 is 1. The van der Waals surface area contributed by atoms with E-state index >= 15 is 0 Å². The van der Waals surface area contributed by atoms with Crippen molar-refractivity contribution in [3.63, 3.8) is 0 Å². The van der Waals surface area contributed by atoms with Crippen LogP contribution in [0.2, 0.25) is 0 Å². The Morgan fingerprint density at radius 3 is 2.48 bits per heavy atom. The van der Waals surface area contributed by atoms with Crippen molar-refractivity contribution >= 4 is 29.2 Å². The molecular weight excluding hydrogens is 324 g/mol. The number of ether oxygens (including phenoxy) is 1. The number of imide groups is 1. The molecule has 0 bridgehead atoms. The molecule has 1 aliphatic heterocycles. The SMILES string of the molecule is COc1ccccc1N[C@H]1CC(=O)N(c2ccc(C(=O)O)cc2)C1=O. The predicted molar refractivity (Wildman–Crippen MR) is 90.9 cm³/mol. The number of hydrogen-bond acceptors (Lipinski definition) is 5. The predicted octanol–water partition coefficient (Wildman–Crippen LogP) is 2.14. The summed E-state index contributed by atoms with van der Waals surface area (Å²) in [7, 11) is 1.53. The normalized spacial score (nSPS) is 16.8. The van der Waals surface area contributed by atoms with Gasteiger partial charge in [0.15, 0.2) is 0 Å². The Hall–Kier alpha value is -3.35. The molecule has 25 heavy (non-hydrogen) atoms. The molecule has 0 aromatic heterocycles. The van der Waals surface area contributed by atoms with Gasteiger partial charge in [0.05, 0.1) is 30.5 Å². The monoisotopic (exact) mass is 340 g/mol. The molecule has 3 rings (SSSR count). The van der Waals surface area contributed by atoms with E-state index < -0.39 is 12.0 Å². The summed E-state index contributed by atoms with van der Waals surface area (Å²) in [5, 5.41) is 12.0. The highest BCUT2D eigenvalue weighted by atomic mass is 16.5. The fourth-order valence-corrected chi connectivity index (χ4v) is 2.72. The van der Waals surface area contributed by atoms with Crippen LogP contribution >= 0.6 is 0 Å². The largest absolute Gasteiger partial charge is 0.495 e. The highest BCUT2D eigenvalue weighted by Crippen LogP contribution is 2.29. The van der Waals surface area contributed by atoms with Gasteiger partial charge in [0, 0.05) is 0 Å². The molecule has 128 valence electrons. The van der Waals surface area contributed by atoms with Crippen molar-refractivity contribution in [2.24, 2.45) is 0 Å². The van der Waals surface area contributed by atoms with Gasteiger partial charge in [-0.2, -0.15) is 0 Å². The molecule has 1 aliphatic rings. The summed E-state index contributed by atoms with van der Waals surface area (Å²) in [5.41, 5.74) is 1.06. The molecule has 7 nitrogen and oxygen atoms in total. The van der Waals surface area contributed by atoms with E-state index in [-0.39, 0.29) is 23.8 Å². The summed E-state index contributed by atoms with van der Waals surface area (Å²) in [5.74, 6) is -1.23. The first-order valence-corrected chi connectivity index (χ1v) is 7.61. The molecule has 2 aromatic carbocycles. The zero-order chi connectivity index (χ0) is 18.0. The first-order chi connectivity index (χ1) is 12.0. The number of para-hydroxylation sites is 2. The Labute approximate surface area is 143 Å². The first-order valence-electron chi connectivity index (χ1n) is 7.61. The smallest absolute Gasteiger partial charge is 0.335 e. The lowest BCUT2D eigenvalue weighted by Gasteiger charge is -2.17. The molecule has 2 amide bonds. The number of nitrogens with one attached hydrogen (secondary N) is 1. The zero-order valence-electron chi connectivity index (χ0n) is 13.4. The third-order valence-electron chi connectivity index (χ3n) is 3.96. The number of anilines is 2. The van der Waals surface area contributed by atoms with E-state index in [2.05, 4.69) is 5.32 Å². The molecular formula is C18H16N2O5. The van der Waals surface area contributed by atoms with Crippen molar-refractivity contribution in [1.82, 2.24) is 0 Å². The van der Waals surface area contributed by atoms with Gasteiger partial charge in [-0.25, -0.2) is 9.69 Å². The summed E-state index contributed by atoms with van der Waals surface area (Å²) in [4.78, 5) is 36.9. The molecule has 0 saturated carbocycles. The highest BCUT2D eigenvalue weighted by molar-refractivity contribution is 6.23.